The average molecular weight is 421 g/mol. The van der Waals surface area contributed by atoms with Crippen LogP contribution in [0.25, 0.3) is 6.08 Å². The molecule has 1 unspecified atom stereocenters. The molecule has 2 aromatic rings. The molecule has 3 aliphatic rings. The van der Waals surface area contributed by atoms with Crippen LogP contribution in [-0.4, -0.2) is 48.1 Å². The fraction of sp³-hybridized carbons (Fsp3) is 0.462. The van der Waals surface area contributed by atoms with Crippen LogP contribution >= 0.6 is 9.47 Å². The van der Waals surface area contributed by atoms with Gasteiger partial charge in [-0.3, -0.25) is 9.80 Å². The monoisotopic (exact) mass is 420 g/mol. The van der Waals surface area contributed by atoms with Crippen molar-refractivity contribution in [2.45, 2.75) is 50.3 Å². The molecule has 2 aromatic carbocycles. The summed E-state index contributed by atoms with van der Waals surface area (Å²) in [5.41, 5.74) is 5.94. The second kappa shape index (κ2) is 8.55. The van der Waals surface area contributed by atoms with E-state index in [1.165, 1.54) is 35.1 Å². The standard InChI is InChI=1S/C26H33N2OP/c1-20-6-8-21(9-7-20)18-27-15-11-25(29-30)24(19-27)28-16-13-26(14-17-28)12-10-22-4-2-3-5-23(22)26/h2-10,12,24-25H,11,13-19,30H2,1H3/t24-,25-/m1/s1. The van der Waals surface area contributed by atoms with Gasteiger partial charge in [-0.15, -0.1) is 0 Å². The van der Waals surface area contributed by atoms with Crippen LogP contribution < -0.4 is 0 Å². The summed E-state index contributed by atoms with van der Waals surface area (Å²) in [6, 6.07) is 18.4. The lowest BCUT2D eigenvalue weighted by Crippen LogP contribution is -2.58. The predicted octanol–water partition coefficient (Wildman–Crippen LogP) is 4.81. The van der Waals surface area contributed by atoms with E-state index in [-0.39, 0.29) is 5.41 Å². The number of hydrogen-bond acceptors (Lipinski definition) is 3. The van der Waals surface area contributed by atoms with Crippen LogP contribution in [0.5, 0.6) is 0 Å². The van der Waals surface area contributed by atoms with Crippen molar-refractivity contribution in [3.63, 3.8) is 0 Å². The summed E-state index contributed by atoms with van der Waals surface area (Å²) in [6.45, 7) is 7.68. The van der Waals surface area contributed by atoms with Crippen LogP contribution in [0.1, 0.15) is 41.5 Å². The zero-order valence-corrected chi connectivity index (χ0v) is 19.1. The first-order chi connectivity index (χ1) is 14.7. The van der Waals surface area contributed by atoms with Gasteiger partial charge in [0.1, 0.15) is 0 Å². The van der Waals surface area contributed by atoms with Gasteiger partial charge in [-0.25, -0.2) is 0 Å². The number of piperidine rings is 2. The van der Waals surface area contributed by atoms with E-state index in [1.807, 2.05) is 0 Å². The van der Waals surface area contributed by atoms with E-state index in [0.29, 0.717) is 12.1 Å². The van der Waals surface area contributed by atoms with Crippen molar-refractivity contribution in [3.8, 4) is 0 Å². The smallest absolute Gasteiger partial charge is 0.0790 e. The molecule has 2 fully saturated rings. The molecular weight excluding hydrogens is 387 g/mol. The summed E-state index contributed by atoms with van der Waals surface area (Å²) >= 11 is 0. The van der Waals surface area contributed by atoms with Gasteiger partial charge in [0.25, 0.3) is 0 Å². The summed E-state index contributed by atoms with van der Waals surface area (Å²) in [4.78, 5) is 5.32. The summed E-state index contributed by atoms with van der Waals surface area (Å²) in [7, 11) is 2.54. The first kappa shape index (κ1) is 20.4. The van der Waals surface area contributed by atoms with Gasteiger partial charge in [0.2, 0.25) is 0 Å². The molecule has 30 heavy (non-hydrogen) atoms. The molecule has 2 aliphatic heterocycles. The molecule has 0 bridgehead atoms. The number of nitrogens with zero attached hydrogens (tertiary/aromatic N) is 2. The Morgan fingerprint density at radius 2 is 1.80 bits per heavy atom. The van der Waals surface area contributed by atoms with Gasteiger partial charge >= 0.3 is 0 Å². The zero-order chi connectivity index (χ0) is 20.6. The number of aryl methyl sites for hydroxylation is 1. The van der Waals surface area contributed by atoms with Crippen molar-refractivity contribution >= 4 is 15.5 Å². The zero-order valence-electron chi connectivity index (χ0n) is 18.0. The molecule has 0 radical (unpaired) electrons. The molecule has 5 rings (SSSR count). The van der Waals surface area contributed by atoms with Crippen molar-refractivity contribution < 1.29 is 4.52 Å². The molecule has 0 N–H and O–H groups in total. The fourth-order valence-corrected chi connectivity index (χ4v) is 6.02. The van der Waals surface area contributed by atoms with Crippen molar-refractivity contribution in [1.29, 1.82) is 0 Å². The molecule has 4 heteroatoms. The van der Waals surface area contributed by atoms with Crippen molar-refractivity contribution in [1.82, 2.24) is 9.80 Å². The summed E-state index contributed by atoms with van der Waals surface area (Å²) in [6.07, 6.45) is 8.64. The lowest BCUT2D eigenvalue weighted by Gasteiger charge is -2.48. The largest absolute Gasteiger partial charge is 0.361 e. The van der Waals surface area contributed by atoms with E-state index < -0.39 is 0 Å². The molecule has 3 nitrogen and oxygen atoms in total. The van der Waals surface area contributed by atoms with Crippen LogP contribution in [0.2, 0.25) is 0 Å². The highest BCUT2D eigenvalue weighted by Gasteiger charge is 2.41. The minimum Gasteiger partial charge on any atom is -0.361 e. The van der Waals surface area contributed by atoms with Gasteiger partial charge in [0.05, 0.1) is 6.10 Å². The van der Waals surface area contributed by atoms with Crippen molar-refractivity contribution in [3.05, 3.63) is 76.9 Å². The van der Waals surface area contributed by atoms with Crippen LogP contribution in [0, 0.1) is 6.92 Å². The Kier molecular flexibility index (Phi) is 5.82. The number of likely N-dealkylation sites (tertiary alicyclic amines) is 2. The Morgan fingerprint density at radius 1 is 1.03 bits per heavy atom. The minimum absolute atomic E-state index is 0.251. The van der Waals surface area contributed by atoms with E-state index in [9.17, 15) is 0 Å². The Hall–Kier alpha value is -1.51. The summed E-state index contributed by atoms with van der Waals surface area (Å²) < 4.78 is 5.88. The Balaban J connectivity index is 1.26. The van der Waals surface area contributed by atoms with Crippen molar-refractivity contribution in [2.75, 3.05) is 26.2 Å². The van der Waals surface area contributed by atoms with Gasteiger partial charge in [0, 0.05) is 40.6 Å². The Labute approximate surface area is 183 Å². The van der Waals surface area contributed by atoms with Crippen LogP contribution in [0.3, 0.4) is 0 Å². The average Bonchev–Trinajstić information content (AvgIpc) is 3.14. The third kappa shape index (κ3) is 3.89. The highest BCUT2D eigenvalue weighted by atomic mass is 31.0. The van der Waals surface area contributed by atoms with Gasteiger partial charge < -0.3 is 4.52 Å². The Morgan fingerprint density at radius 3 is 2.57 bits per heavy atom. The summed E-state index contributed by atoms with van der Waals surface area (Å²) in [5.74, 6) is 0. The maximum atomic E-state index is 5.88. The van der Waals surface area contributed by atoms with Crippen molar-refractivity contribution in [2.24, 2.45) is 0 Å². The van der Waals surface area contributed by atoms with Gasteiger partial charge in [-0.1, -0.05) is 66.2 Å². The number of fused-ring (bicyclic) bond motifs is 2. The number of benzene rings is 2. The molecule has 0 amide bonds. The quantitative estimate of drug-likeness (QED) is 0.661. The topological polar surface area (TPSA) is 15.7 Å². The predicted molar refractivity (Wildman–Crippen MR) is 127 cm³/mol. The lowest BCUT2D eigenvalue weighted by atomic mass is 9.74. The second-order valence-electron chi connectivity index (χ2n) is 9.36. The molecule has 2 heterocycles. The van der Waals surface area contributed by atoms with Gasteiger partial charge in [-0.05, 0) is 56.0 Å². The highest BCUT2D eigenvalue weighted by molar-refractivity contribution is 7.09. The molecule has 1 spiro atoms. The summed E-state index contributed by atoms with van der Waals surface area (Å²) in [5, 5.41) is 0. The van der Waals surface area contributed by atoms with E-state index in [4.69, 9.17) is 4.52 Å². The highest BCUT2D eigenvalue weighted by Crippen LogP contribution is 2.44. The minimum atomic E-state index is 0.251. The van der Waals surface area contributed by atoms with E-state index in [0.717, 1.165) is 39.1 Å². The first-order valence-corrected chi connectivity index (χ1v) is 11.8. The molecule has 2 saturated heterocycles. The molecule has 1 aliphatic carbocycles. The third-order valence-corrected chi connectivity index (χ3v) is 7.89. The SMILES string of the molecule is Cc1ccc(CN2CC[C@@H](OP)[C@H](N3CCC4(C=Cc5ccccc54)CC3)C2)cc1. The maximum Gasteiger partial charge on any atom is 0.0790 e. The van der Waals surface area contributed by atoms with Crippen LogP contribution in [-0.2, 0) is 16.5 Å². The molecule has 3 atom stereocenters. The molecular formula is C26H33N2OP. The van der Waals surface area contributed by atoms with Gasteiger partial charge in [0.15, 0.2) is 0 Å². The third-order valence-electron chi connectivity index (χ3n) is 7.54. The van der Waals surface area contributed by atoms with E-state index in [1.54, 1.807) is 0 Å². The molecule has 0 aromatic heterocycles. The molecule has 158 valence electrons. The molecule has 0 saturated carbocycles. The lowest BCUT2D eigenvalue weighted by molar-refractivity contribution is -0.00646. The van der Waals surface area contributed by atoms with E-state index in [2.05, 4.69) is 86.9 Å². The van der Waals surface area contributed by atoms with Gasteiger partial charge in [-0.2, -0.15) is 0 Å². The van der Waals surface area contributed by atoms with Crippen LogP contribution in [0.15, 0.2) is 54.6 Å². The van der Waals surface area contributed by atoms with E-state index >= 15 is 0 Å². The number of rotatable bonds is 4. The maximum absolute atomic E-state index is 5.88. The fourth-order valence-electron chi connectivity index (χ4n) is 5.71. The normalized spacial score (nSPS) is 26.2. The second-order valence-corrected chi connectivity index (χ2v) is 9.64. The number of allylic oxidation sites excluding steroid dienone is 1. The van der Waals surface area contributed by atoms with Crippen LogP contribution in [0.4, 0.5) is 0 Å². The number of hydrogen-bond donors (Lipinski definition) is 0. The first-order valence-electron chi connectivity index (χ1n) is 11.3. The Bertz CT molecular complexity index is 902.